The van der Waals surface area contributed by atoms with Gasteiger partial charge in [-0.2, -0.15) is 8.78 Å². The average molecular weight is 458 g/mol. The van der Waals surface area contributed by atoms with Crippen molar-refractivity contribution in [1.82, 2.24) is 14.7 Å². The summed E-state index contributed by atoms with van der Waals surface area (Å²) in [5.74, 6) is -1.20. The Morgan fingerprint density at radius 1 is 1.24 bits per heavy atom. The van der Waals surface area contributed by atoms with E-state index in [1.807, 2.05) is 0 Å². The lowest BCUT2D eigenvalue weighted by Gasteiger charge is -2.21. The highest BCUT2D eigenvalue weighted by Gasteiger charge is 2.30. The minimum Gasteiger partial charge on any atom is -0.496 e. The number of carbonyl (C=O) groups excluding carboxylic acids is 2. The van der Waals surface area contributed by atoms with Crippen molar-refractivity contribution >= 4 is 17.5 Å². The molecule has 1 fully saturated rings. The quantitative estimate of drug-likeness (QED) is 0.539. The zero-order valence-electron chi connectivity index (χ0n) is 18.4. The van der Waals surface area contributed by atoms with E-state index in [1.165, 1.54) is 13.2 Å². The number of rotatable bonds is 8. The molecule has 3 aromatic rings. The molecule has 0 saturated heterocycles. The van der Waals surface area contributed by atoms with Crippen LogP contribution in [-0.4, -0.2) is 41.0 Å². The molecule has 2 amide bonds. The molecule has 1 saturated carbocycles. The number of carbonyl (C=O) groups is 2. The van der Waals surface area contributed by atoms with Crippen molar-refractivity contribution in [2.75, 3.05) is 7.11 Å². The second-order valence-electron chi connectivity index (χ2n) is 8.45. The fourth-order valence-corrected chi connectivity index (χ4v) is 3.52. The van der Waals surface area contributed by atoms with Gasteiger partial charge in [-0.1, -0.05) is 0 Å². The number of imidazole rings is 1. The van der Waals surface area contributed by atoms with E-state index in [-0.39, 0.29) is 23.1 Å². The SMILES string of the molecule is COc1cc(-c2cnc3cc(C(C)(C)C(N)=O)ccn23)cc(OC(F)F)c1C(=O)NC1CC1. The number of hydrogen-bond donors (Lipinski definition) is 2. The van der Waals surface area contributed by atoms with E-state index in [1.54, 1.807) is 48.8 Å². The van der Waals surface area contributed by atoms with Gasteiger partial charge in [0.15, 0.2) is 0 Å². The average Bonchev–Trinajstić information content (AvgIpc) is 3.47. The molecule has 1 aromatic carbocycles. The first-order valence-electron chi connectivity index (χ1n) is 10.4. The topological polar surface area (TPSA) is 108 Å². The van der Waals surface area contributed by atoms with Crippen molar-refractivity contribution in [3.05, 3.63) is 47.8 Å². The normalized spacial score (nSPS) is 13.9. The predicted octanol–water partition coefficient (Wildman–Crippen LogP) is 3.27. The van der Waals surface area contributed by atoms with Gasteiger partial charge in [-0.3, -0.25) is 14.0 Å². The van der Waals surface area contributed by atoms with Gasteiger partial charge in [-0.05, 0) is 56.5 Å². The van der Waals surface area contributed by atoms with Crippen molar-refractivity contribution in [3.8, 4) is 22.8 Å². The van der Waals surface area contributed by atoms with Gasteiger partial charge in [0.05, 0.1) is 24.4 Å². The van der Waals surface area contributed by atoms with Gasteiger partial charge >= 0.3 is 6.61 Å². The summed E-state index contributed by atoms with van der Waals surface area (Å²) in [6.07, 6.45) is 4.95. The summed E-state index contributed by atoms with van der Waals surface area (Å²) in [5.41, 5.74) is 6.76. The molecule has 4 rings (SSSR count). The van der Waals surface area contributed by atoms with Crippen LogP contribution in [0.25, 0.3) is 16.9 Å². The summed E-state index contributed by atoms with van der Waals surface area (Å²) in [7, 11) is 1.35. The first-order valence-corrected chi connectivity index (χ1v) is 10.4. The monoisotopic (exact) mass is 458 g/mol. The van der Waals surface area contributed by atoms with E-state index in [0.717, 1.165) is 12.8 Å². The van der Waals surface area contributed by atoms with E-state index >= 15 is 0 Å². The van der Waals surface area contributed by atoms with E-state index in [4.69, 9.17) is 15.2 Å². The fourth-order valence-electron chi connectivity index (χ4n) is 3.52. The minimum atomic E-state index is -3.13. The number of fused-ring (bicyclic) bond motifs is 1. The summed E-state index contributed by atoms with van der Waals surface area (Å²) in [6.45, 7) is 0.308. The number of alkyl halides is 2. The Morgan fingerprint density at radius 2 is 1.94 bits per heavy atom. The lowest BCUT2D eigenvalue weighted by Crippen LogP contribution is -2.35. The number of aromatic nitrogens is 2. The Bertz CT molecular complexity index is 1230. The number of primary amides is 1. The number of nitrogens with two attached hydrogens (primary N) is 1. The van der Waals surface area contributed by atoms with Crippen LogP contribution in [0.5, 0.6) is 11.5 Å². The van der Waals surface area contributed by atoms with Crippen molar-refractivity contribution in [1.29, 1.82) is 0 Å². The van der Waals surface area contributed by atoms with E-state index in [0.29, 0.717) is 22.5 Å². The molecule has 174 valence electrons. The molecule has 0 spiro atoms. The van der Waals surface area contributed by atoms with Crippen LogP contribution in [0, 0.1) is 0 Å². The molecule has 0 radical (unpaired) electrons. The van der Waals surface area contributed by atoms with Gasteiger partial charge < -0.3 is 20.5 Å². The Morgan fingerprint density at radius 3 is 2.55 bits per heavy atom. The van der Waals surface area contributed by atoms with Crippen molar-refractivity contribution in [2.24, 2.45) is 5.73 Å². The number of nitrogens with zero attached hydrogens (tertiary/aromatic N) is 2. The molecule has 0 bridgehead atoms. The number of nitrogens with one attached hydrogen (secondary N) is 1. The highest BCUT2D eigenvalue weighted by atomic mass is 19.3. The smallest absolute Gasteiger partial charge is 0.387 e. The highest BCUT2D eigenvalue weighted by Crippen LogP contribution is 2.37. The molecule has 1 aliphatic rings. The van der Waals surface area contributed by atoms with Crippen LogP contribution in [0.4, 0.5) is 8.78 Å². The molecule has 2 aromatic heterocycles. The second kappa shape index (κ2) is 8.34. The van der Waals surface area contributed by atoms with E-state index in [2.05, 4.69) is 10.3 Å². The Balaban J connectivity index is 1.81. The molecule has 2 heterocycles. The molecule has 8 nitrogen and oxygen atoms in total. The van der Waals surface area contributed by atoms with Crippen LogP contribution in [0.3, 0.4) is 0 Å². The number of benzene rings is 1. The molecule has 0 atom stereocenters. The van der Waals surface area contributed by atoms with Gasteiger partial charge in [0.1, 0.15) is 22.7 Å². The fraction of sp³-hybridized carbons (Fsp3) is 0.348. The van der Waals surface area contributed by atoms with Crippen LogP contribution in [0.1, 0.15) is 42.6 Å². The summed E-state index contributed by atoms with van der Waals surface area (Å²) < 4.78 is 38.1. The maximum absolute atomic E-state index is 13.2. The lowest BCUT2D eigenvalue weighted by molar-refractivity contribution is -0.122. The molecular weight excluding hydrogens is 434 g/mol. The Hall–Kier alpha value is -3.69. The summed E-state index contributed by atoms with van der Waals surface area (Å²) >= 11 is 0. The molecule has 10 heteroatoms. The van der Waals surface area contributed by atoms with Crippen LogP contribution in [0.15, 0.2) is 36.7 Å². The molecule has 0 unspecified atom stereocenters. The van der Waals surface area contributed by atoms with E-state index < -0.39 is 23.8 Å². The maximum Gasteiger partial charge on any atom is 0.387 e. The highest BCUT2D eigenvalue weighted by molar-refractivity contribution is 6.01. The third-order valence-corrected chi connectivity index (χ3v) is 5.79. The number of ether oxygens (including phenoxy) is 2. The largest absolute Gasteiger partial charge is 0.496 e. The zero-order chi connectivity index (χ0) is 23.9. The number of amides is 2. The number of methoxy groups -OCH3 is 1. The third kappa shape index (κ3) is 4.33. The first-order chi connectivity index (χ1) is 15.6. The van der Waals surface area contributed by atoms with Crippen LogP contribution in [0.2, 0.25) is 0 Å². The predicted molar refractivity (Wildman–Crippen MR) is 117 cm³/mol. The lowest BCUT2D eigenvalue weighted by atomic mass is 9.84. The van der Waals surface area contributed by atoms with Crippen LogP contribution in [-0.2, 0) is 10.2 Å². The molecule has 3 N–H and O–H groups in total. The Labute approximate surface area is 188 Å². The second-order valence-corrected chi connectivity index (χ2v) is 8.45. The maximum atomic E-state index is 13.2. The van der Waals surface area contributed by atoms with E-state index in [9.17, 15) is 18.4 Å². The minimum absolute atomic E-state index is 0.0268. The number of pyridine rings is 1. The van der Waals surface area contributed by atoms with Gasteiger partial charge in [0, 0.05) is 17.8 Å². The molecule has 1 aliphatic carbocycles. The van der Waals surface area contributed by atoms with Crippen LogP contribution < -0.4 is 20.5 Å². The third-order valence-electron chi connectivity index (χ3n) is 5.79. The summed E-state index contributed by atoms with van der Waals surface area (Å²) in [6, 6.07) is 6.44. The zero-order valence-corrected chi connectivity index (χ0v) is 18.4. The van der Waals surface area contributed by atoms with Gasteiger partial charge in [-0.15, -0.1) is 0 Å². The molecule has 0 aliphatic heterocycles. The standard InChI is InChI=1S/C23H24F2N4O4/c1-23(2,21(26)31)13-6-7-29-15(11-27-18(29)10-13)12-8-16(32-3)19(17(9-12)33-22(24)25)20(30)28-14-4-5-14/h6-11,14,22H,4-5H2,1-3H3,(H2,26,31)(H,28,30). The van der Waals surface area contributed by atoms with Crippen molar-refractivity contribution < 1.29 is 27.8 Å². The van der Waals surface area contributed by atoms with Gasteiger partial charge in [0.2, 0.25) is 5.91 Å². The van der Waals surface area contributed by atoms with Gasteiger partial charge in [0.25, 0.3) is 5.91 Å². The molecular formula is C23H24F2N4O4. The summed E-state index contributed by atoms with van der Waals surface area (Å²) in [4.78, 5) is 28.9. The van der Waals surface area contributed by atoms with Gasteiger partial charge in [-0.25, -0.2) is 4.98 Å². The van der Waals surface area contributed by atoms with Crippen molar-refractivity contribution in [3.63, 3.8) is 0 Å². The molecule has 33 heavy (non-hydrogen) atoms. The first kappa shape index (κ1) is 22.5. The number of halogens is 2. The van der Waals surface area contributed by atoms with Crippen molar-refractivity contribution in [2.45, 2.75) is 44.8 Å². The summed E-state index contributed by atoms with van der Waals surface area (Å²) in [5, 5.41) is 2.77. The number of hydrogen-bond acceptors (Lipinski definition) is 5. The Kier molecular flexibility index (Phi) is 5.69. The van der Waals surface area contributed by atoms with Crippen LogP contribution >= 0.6 is 0 Å².